The van der Waals surface area contributed by atoms with E-state index in [1.165, 1.54) is 30.0 Å². The van der Waals surface area contributed by atoms with Crippen LogP contribution in [0.2, 0.25) is 0 Å². The van der Waals surface area contributed by atoms with Crippen molar-refractivity contribution in [2.24, 2.45) is 23.7 Å². The Morgan fingerprint density at radius 3 is 2.79 bits per heavy atom. The third-order valence-electron chi connectivity index (χ3n) is 9.39. The lowest BCUT2D eigenvalue weighted by atomic mass is 9.86. The smallest absolute Gasteiger partial charge is 0.318 e. The SMILES string of the molecule is C=CC[C@@H](CCCC)COc1nc2c(c(N(CCC(C=[Si])C(=O)C=C)C[C@@H](C)CC#N)n1)CCC(/C=C/c1cnccc1C1CC1)C2. The zero-order valence-electron chi connectivity index (χ0n) is 28.4. The molecule has 7 nitrogen and oxygen atoms in total. The number of allylic oxidation sites excluding steroid dienone is 3. The predicted molar refractivity (Wildman–Crippen MR) is 193 cm³/mol. The van der Waals surface area contributed by atoms with Crippen molar-refractivity contribution in [2.45, 2.75) is 90.4 Å². The van der Waals surface area contributed by atoms with E-state index >= 15 is 0 Å². The summed E-state index contributed by atoms with van der Waals surface area (Å²) in [6, 6.07) is 4.89. The van der Waals surface area contributed by atoms with E-state index in [1.807, 2.05) is 18.5 Å². The lowest BCUT2D eigenvalue weighted by Gasteiger charge is -2.32. The largest absolute Gasteiger partial charge is 0.463 e. The number of hydrogen-bond donors (Lipinski definition) is 0. The van der Waals surface area contributed by atoms with E-state index in [1.54, 1.807) is 5.67 Å². The van der Waals surface area contributed by atoms with Crippen molar-refractivity contribution in [1.29, 1.82) is 5.26 Å². The summed E-state index contributed by atoms with van der Waals surface area (Å²) >= 11 is 0. The monoisotopic (exact) mass is 649 g/mol. The first-order valence-corrected chi connectivity index (χ1v) is 18.0. The van der Waals surface area contributed by atoms with E-state index in [0.29, 0.717) is 56.3 Å². The topological polar surface area (TPSA) is 92.0 Å². The van der Waals surface area contributed by atoms with Crippen molar-refractivity contribution in [3.63, 3.8) is 0 Å². The van der Waals surface area contributed by atoms with Crippen LogP contribution >= 0.6 is 0 Å². The maximum atomic E-state index is 12.5. The molecule has 0 aliphatic heterocycles. The minimum Gasteiger partial charge on any atom is -0.463 e. The lowest BCUT2D eigenvalue weighted by Crippen LogP contribution is -2.34. The number of pyridine rings is 1. The fourth-order valence-corrected chi connectivity index (χ4v) is 6.81. The highest BCUT2D eigenvalue weighted by molar-refractivity contribution is 6.32. The fraction of sp³-hybridized carbons (Fsp3) is 0.538. The minimum absolute atomic E-state index is 0.0211. The van der Waals surface area contributed by atoms with Gasteiger partial charge in [0.1, 0.15) is 5.82 Å². The highest BCUT2D eigenvalue weighted by Gasteiger charge is 2.29. The molecule has 0 saturated heterocycles. The van der Waals surface area contributed by atoms with Gasteiger partial charge in [0.25, 0.3) is 0 Å². The van der Waals surface area contributed by atoms with Crippen LogP contribution in [0.3, 0.4) is 0 Å². The molecule has 2 unspecified atom stereocenters. The second-order valence-corrected chi connectivity index (χ2v) is 13.7. The summed E-state index contributed by atoms with van der Waals surface area (Å²) in [6.07, 6.45) is 22.3. The van der Waals surface area contributed by atoms with E-state index in [2.05, 4.69) is 71.0 Å². The van der Waals surface area contributed by atoms with Crippen molar-refractivity contribution >= 4 is 33.2 Å². The molecule has 0 N–H and O–H groups in total. The summed E-state index contributed by atoms with van der Waals surface area (Å²) in [4.78, 5) is 29.3. The Morgan fingerprint density at radius 1 is 1.26 bits per heavy atom. The minimum atomic E-state index is -0.299. The molecule has 47 heavy (non-hydrogen) atoms. The highest BCUT2D eigenvalue weighted by Crippen LogP contribution is 2.42. The van der Waals surface area contributed by atoms with Gasteiger partial charge in [-0.05, 0) is 98.3 Å². The van der Waals surface area contributed by atoms with Gasteiger partial charge in [-0.2, -0.15) is 15.2 Å². The molecule has 4 rings (SSSR count). The summed E-state index contributed by atoms with van der Waals surface area (Å²) in [7, 11) is 3.47. The van der Waals surface area contributed by atoms with Crippen molar-refractivity contribution in [1.82, 2.24) is 15.0 Å². The van der Waals surface area contributed by atoms with E-state index in [0.717, 1.165) is 62.0 Å². The molecule has 2 aliphatic carbocycles. The number of nitrogens with zero attached hydrogens (tertiary/aromatic N) is 5. The third-order valence-corrected chi connectivity index (χ3v) is 9.79. The standard InChI is InChI=1S/C39H51N5O2Si/c1-5-8-10-30(9-6-2)26-46-39-42-36-23-29(11-13-32-24-41-21-18-34(32)31-14-15-31)12-16-35(36)38(43-39)44(25-28(4)17-20-40)22-19-33(27-47)37(45)7-3/h6-7,11,13,18,21,24,27-31,33H,2-3,5,8-10,12,14-17,19,22-23,25-26H2,1,4H3/b13-11+/t28-,29?,30-,33?/m0/s1. The summed E-state index contributed by atoms with van der Waals surface area (Å²) in [5.74, 6) is 2.04. The molecule has 2 aliphatic rings. The highest BCUT2D eigenvalue weighted by atomic mass is 28.1. The first-order valence-electron chi connectivity index (χ1n) is 17.4. The third kappa shape index (κ3) is 10.7. The molecule has 4 atom stereocenters. The summed E-state index contributed by atoms with van der Waals surface area (Å²) in [5.41, 5.74) is 6.55. The van der Waals surface area contributed by atoms with Gasteiger partial charge in [-0.15, -0.1) is 6.58 Å². The van der Waals surface area contributed by atoms with E-state index in [9.17, 15) is 10.1 Å². The average molecular weight is 650 g/mol. The lowest BCUT2D eigenvalue weighted by molar-refractivity contribution is -0.116. The second-order valence-electron chi connectivity index (χ2n) is 13.3. The van der Waals surface area contributed by atoms with Crippen LogP contribution in [0.15, 0.2) is 49.8 Å². The molecule has 1 saturated carbocycles. The maximum absolute atomic E-state index is 12.5. The van der Waals surface area contributed by atoms with Crippen molar-refractivity contribution in [2.75, 3.05) is 24.6 Å². The number of carbonyl (C=O) groups excluding carboxylic acids is 1. The summed E-state index contributed by atoms with van der Waals surface area (Å²) in [5, 5.41) is 9.46. The predicted octanol–water partition coefficient (Wildman–Crippen LogP) is 7.42. The van der Waals surface area contributed by atoms with Crippen LogP contribution in [0.5, 0.6) is 6.01 Å². The molecule has 2 aromatic rings. The molecule has 2 radical (unpaired) electrons. The zero-order valence-corrected chi connectivity index (χ0v) is 29.4. The first kappa shape index (κ1) is 36.1. The zero-order chi connectivity index (χ0) is 33.6. The van der Waals surface area contributed by atoms with Crippen molar-refractivity contribution in [3.8, 4) is 12.1 Å². The number of unbranched alkanes of at least 4 members (excludes halogenated alkanes) is 1. The number of rotatable bonds is 21. The Kier molecular flexibility index (Phi) is 14.3. The van der Waals surface area contributed by atoms with E-state index in [-0.39, 0.29) is 17.6 Å². The van der Waals surface area contributed by atoms with Gasteiger partial charge in [0.15, 0.2) is 5.78 Å². The average Bonchev–Trinajstić information content (AvgIpc) is 3.93. The van der Waals surface area contributed by atoms with Crippen molar-refractivity contribution < 1.29 is 9.53 Å². The number of anilines is 1. The Balaban J connectivity index is 1.66. The molecular weight excluding hydrogens is 599 g/mol. The number of hydrogen-bond acceptors (Lipinski definition) is 7. The van der Waals surface area contributed by atoms with Gasteiger partial charge in [0, 0.05) is 53.2 Å². The van der Waals surface area contributed by atoms with Crippen LogP contribution in [0.1, 0.15) is 99.9 Å². The number of nitriles is 1. The Bertz CT molecular complexity index is 1450. The van der Waals surface area contributed by atoms with Crippen LogP contribution in [0, 0.1) is 35.0 Å². The Hall–Kier alpha value is -3.70. The number of ether oxygens (including phenoxy) is 1. The van der Waals surface area contributed by atoms with E-state index < -0.39 is 0 Å². The van der Waals surface area contributed by atoms with Crippen LogP contribution in [-0.4, -0.2) is 56.0 Å². The number of aromatic nitrogens is 3. The van der Waals surface area contributed by atoms with Gasteiger partial charge in [-0.1, -0.05) is 57.2 Å². The molecule has 1 fully saturated rings. The Labute approximate surface area is 285 Å². The molecule has 0 amide bonds. The summed E-state index contributed by atoms with van der Waals surface area (Å²) < 4.78 is 6.39. The number of carbonyl (C=O) groups is 1. The van der Waals surface area contributed by atoms with Crippen LogP contribution < -0.4 is 9.64 Å². The molecule has 0 bridgehead atoms. The fourth-order valence-electron chi connectivity index (χ4n) is 6.48. The molecule has 2 aromatic heterocycles. The van der Waals surface area contributed by atoms with Gasteiger partial charge >= 0.3 is 6.01 Å². The van der Waals surface area contributed by atoms with Gasteiger partial charge in [-0.25, -0.2) is 0 Å². The van der Waals surface area contributed by atoms with E-state index in [4.69, 9.17) is 14.7 Å². The van der Waals surface area contributed by atoms with Crippen LogP contribution in [0.4, 0.5) is 5.82 Å². The quantitative estimate of drug-likeness (QED) is 0.0790. The Morgan fingerprint density at radius 2 is 2.09 bits per heavy atom. The van der Waals surface area contributed by atoms with Gasteiger partial charge in [0.2, 0.25) is 0 Å². The number of ketones is 1. The molecular formula is C39H51N5O2Si. The maximum Gasteiger partial charge on any atom is 0.318 e. The van der Waals surface area contributed by atoms with Gasteiger partial charge in [-0.3, -0.25) is 9.78 Å². The second kappa shape index (κ2) is 18.6. The molecule has 8 heteroatoms. The van der Waals surface area contributed by atoms with Crippen LogP contribution in [0.25, 0.3) is 6.08 Å². The molecule has 0 spiro atoms. The number of fused-ring (bicyclic) bond motifs is 1. The molecule has 2 heterocycles. The van der Waals surface area contributed by atoms with Gasteiger partial charge < -0.3 is 9.64 Å². The van der Waals surface area contributed by atoms with Gasteiger partial charge in [0.05, 0.1) is 18.4 Å². The summed E-state index contributed by atoms with van der Waals surface area (Å²) in [6.45, 7) is 13.7. The normalized spacial score (nSPS) is 17.6. The molecule has 248 valence electrons. The van der Waals surface area contributed by atoms with Crippen LogP contribution in [-0.2, 0) is 17.6 Å². The van der Waals surface area contributed by atoms with Crippen molar-refractivity contribution in [3.05, 3.63) is 72.2 Å². The first-order chi connectivity index (χ1) is 22.9. The molecule has 0 aromatic carbocycles.